The molecule has 0 spiro atoms. The second kappa shape index (κ2) is 5.84. The summed E-state index contributed by atoms with van der Waals surface area (Å²) in [5.74, 6) is 0. The maximum absolute atomic E-state index is 11.4. The molecule has 2 rings (SSSR count). The quantitative estimate of drug-likeness (QED) is 0.925. The molecule has 1 atom stereocenters. The van der Waals surface area contributed by atoms with E-state index in [1.807, 2.05) is 12.1 Å². The Hall–Kier alpha value is -0.910. The molecule has 1 N–H and O–H groups in total. The molecule has 1 aromatic carbocycles. The van der Waals surface area contributed by atoms with Crippen molar-refractivity contribution in [1.29, 1.82) is 0 Å². The van der Waals surface area contributed by atoms with Gasteiger partial charge < -0.3 is 10.1 Å². The van der Waals surface area contributed by atoms with E-state index in [-0.39, 0.29) is 5.60 Å². The molecule has 0 radical (unpaired) electrons. The third-order valence-electron chi connectivity index (χ3n) is 3.64. The van der Waals surface area contributed by atoms with Crippen LogP contribution in [-0.4, -0.2) is 32.9 Å². The van der Waals surface area contributed by atoms with Crippen molar-refractivity contribution >= 4 is 9.84 Å². The minimum Gasteiger partial charge on any atom is -0.375 e. The fourth-order valence-corrected chi connectivity index (χ4v) is 3.15. The monoisotopic (exact) mass is 297 g/mol. The number of nitrogens with one attached hydrogen (secondary N) is 1. The Balaban J connectivity index is 1.91. The van der Waals surface area contributed by atoms with Crippen molar-refractivity contribution in [3.8, 4) is 0 Å². The number of hydrogen-bond donors (Lipinski definition) is 1. The second-order valence-corrected chi connectivity index (χ2v) is 8.11. The van der Waals surface area contributed by atoms with Gasteiger partial charge in [-0.25, -0.2) is 8.42 Å². The van der Waals surface area contributed by atoms with Gasteiger partial charge in [0.25, 0.3) is 0 Å². The van der Waals surface area contributed by atoms with Gasteiger partial charge in [0.15, 0.2) is 9.84 Å². The SMILES string of the molecule is CC1(C)CC(NCc2ccc(S(C)(=O)=O)cc2)CCO1. The Kier molecular flexibility index (Phi) is 4.52. The fraction of sp³-hybridized carbons (Fsp3) is 0.600. The lowest BCUT2D eigenvalue weighted by Gasteiger charge is -2.36. The predicted molar refractivity (Wildman–Crippen MR) is 79.4 cm³/mol. The topological polar surface area (TPSA) is 55.4 Å². The summed E-state index contributed by atoms with van der Waals surface area (Å²) in [6.45, 7) is 5.77. The zero-order valence-electron chi connectivity index (χ0n) is 12.3. The maximum Gasteiger partial charge on any atom is 0.175 e. The average molecular weight is 297 g/mol. The van der Waals surface area contributed by atoms with Crippen molar-refractivity contribution in [2.45, 2.75) is 49.8 Å². The highest BCUT2D eigenvalue weighted by Gasteiger charge is 2.28. The lowest BCUT2D eigenvalue weighted by atomic mass is 9.94. The number of benzene rings is 1. The second-order valence-electron chi connectivity index (χ2n) is 6.09. The summed E-state index contributed by atoms with van der Waals surface area (Å²) in [6, 6.07) is 7.52. The maximum atomic E-state index is 11.4. The van der Waals surface area contributed by atoms with Gasteiger partial charge in [-0.15, -0.1) is 0 Å². The van der Waals surface area contributed by atoms with Crippen LogP contribution < -0.4 is 5.32 Å². The molecule has 1 aromatic rings. The van der Waals surface area contributed by atoms with Crippen molar-refractivity contribution in [3.05, 3.63) is 29.8 Å². The predicted octanol–water partition coefficient (Wildman–Crippen LogP) is 2.14. The minimum absolute atomic E-state index is 0.0595. The van der Waals surface area contributed by atoms with Crippen molar-refractivity contribution in [2.75, 3.05) is 12.9 Å². The number of sulfone groups is 1. The van der Waals surface area contributed by atoms with Crippen LogP contribution >= 0.6 is 0 Å². The highest BCUT2D eigenvalue weighted by Crippen LogP contribution is 2.24. The van der Waals surface area contributed by atoms with E-state index in [4.69, 9.17) is 4.74 Å². The molecule has 0 aromatic heterocycles. The standard InChI is InChI=1S/C15H23NO3S/c1-15(2)10-13(8-9-19-15)16-11-12-4-6-14(7-5-12)20(3,17)18/h4-7,13,16H,8-11H2,1-3H3. The summed E-state index contributed by atoms with van der Waals surface area (Å²) in [5.41, 5.74) is 1.04. The first-order valence-electron chi connectivity index (χ1n) is 6.93. The number of ether oxygens (including phenoxy) is 1. The van der Waals surface area contributed by atoms with Gasteiger partial charge in [-0.2, -0.15) is 0 Å². The van der Waals surface area contributed by atoms with Crippen LogP contribution in [0.1, 0.15) is 32.3 Å². The van der Waals surface area contributed by atoms with Gasteiger partial charge >= 0.3 is 0 Å². The summed E-state index contributed by atoms with van der Waals surface area (Å²) in [6.07, 6.45) is 3.24. The van der Waals surface area contributed by atoms with E-state index < -0.39 is 9.84 Å². The van der Waals surface area contributed by atoms with Gasteiger partial charge in [0.05, 0.1) is 10.5 Å². The summed E-state index contributed by atoms with van der Waals surface area (Å²) in [4.78, 5) is 0.369. The molecule has 1 aliphatic rings. The van der Waals surface area contributed by atoms with Gasteiger partial charge in [-0.3, -0.25) is 0 Å². The molecule has 112 valence electrons. The number of rotatable bonds is 4. The van der Waals surface area contributed by atoms with Gasteiger partial charge in [0.2, 0.25) is 0 Å². The van der Waals surface area contributed by atoms with E-state index in [2.05, 4.69) is 19.2 Å². The van der Waals surface area contributed by atoms with Crippen LogP contribution in [0.3, 0.4) is 0 Å². The lowest BCUT2D eigenvalue weighted by molar-refractivity contribution is -0.0630. The molecule has 0 saturated carbocycles. The van der Waals surface area contributed by atoms with Crippen LogP contribution in [0.25, 0.3) is 0 Å². The molecule has 20 heavy (non-hydrogen) atoms. The highest BCUT2D eigenvalue weighted by molar-refractivity contribution is 7.90. The molecule has 1 saturated heterocycles. The molecule has 1 unspecified atom stereocenters. The van der Waals surface area contributed by atoms with Crippen LogP contribution in [0.2, 0.25) is 0 Å². The van der Waals surface area contributed by atoms with Gasteiger partial charge in [-0.1, -0.05) is 12.1 Å². The molecule has 4 nitrogen and oxygen atoms in total. The zero-order valence-corrected chi connectivity index (χ0v) is 13.2. The van der Waals surface area contributed by atoms with E-state index in [9.17, 15) is 8.42 Å². The largest absolute Gasteiger partial charge is 0.375 e. The first kappa shape index (κ1) is 15.5. The molecule has 1 heterocycles. The molecule has 0 bridgehead atoms. The third kappa shape index (κ3) is 4.30. The summed E-state index contributed by atoms with van der Waals surface area (Å²) in [5, 5.41) is 3.52. The molecular formula is C15H23NO3S. The Labute approximate surface area is 121 Å². The first-order valence-corrected chi connectivity index (χ1v) is 8.82. The van der Waals surface area contributed by atoms with Crippen molar-refractivity contribution in [2.24, 2.45) is 0 Å². The van der Waals surface area contributed by atoms with Crippen molar-refractivity contribution in [1.82, 2.24) is 5.32 Å². The molecule has 0 amide bonds. The Bertz CT molecular complexity index is 549. The van der Waals surface area contributed by atoms with E-state index in [0.29, 0.717) is 10.9 Å². The van der Waals surface area contributed by atoms with Gasteiger partial charge in [-0.05, 0) is 44.4 Å². The lowest BCUT2D eigenvalue weighted by Crippen LogP contribution is -2.43. The minimum atomic E-state index is -3.11. The van der Waals surface area contributed by atoms with Crippen molar-refractivity contribution in [3.63, 3.8) is 0 Å². The van der Waals surface area contributed by atoms with E-state index in [0.717, 1.165) is 31.6 Å². The molecule has 1 fully saturated rings. The normalized spacial score (nSPS) is 22.6. The smallest absolute Gasteiger partial charge is 0.175 e. The first-order chi connectivity index (χ1) is 9.26. The zero-order chi connectivity index (χ0) is 14.8. The fourth-order valence-electron chi connectivity index (χ4n) is 2.52. The third-order valence-corrected chi connectivity index (χ3v) is 4.77. The van der Waals surface area contributed by atoms with Crippen LogP contribution in [-0.2, 0) is 21.1 Å². The molecule has 0 aliphatic carbocycles. The van der Waals surface area contributed by atoms with E-state index >= 15 is 0 Å². The summed E-state index contributed by atoms with van der Waals surface area (Å²) in [7, 11) is -3.11. The van der Waals surface area contributed by atoms with Crippen molar-refractivity contribution < 1.29 is 13.2 Å². The van der Waals surface area contributed by atoms with Crippen LogP contribution in [0, 0.1) is 0 Å². The Morgan fingerprint density at radius 2 is 1.95 bits per heavy atom. The summed E-state index contributed by atoms with van der Waals surface area (Å²) >= 11 is 0. The summed E-state index contributed by atoms with van der Waals surface area (Å²) < 4.78 is 28.5. The Morgan fingerprint density at radius 1 is 1.30 bits per heavy atom. The van der Waals surface area contributed by atoms with Gasteiger partial charge in [0.1, 0.15) is 0 Å². The average Bonchev–Trinajstić information content (AvgIpc) is 2.35. The van der Waals surface area contributed by atoms with Crippen LogP contribution in [0.15, 0.2) is 29.2 Å². The molecule has 5 heteroatoms. The Morgan fingerprint density at radius 3 is 2.50 bits per heavy atom. The van der Waals surface area contributed by atoms with Crippen LogP contribution in [0.5, 0.6) is 0 Å². The van der Waals surface area contributed by atoms with Crippen LogP contribution in [0.4, 0.5) is 0 Å². The van der Waals surface area contributed by atoms with Gasteiger partial charge in [0, 0.05) is 25.4 Å². The van der Waals surface area contributed by atoms with E-state index in [1.165, 1.54) is 6.26 Å². The number of hydrogen-bond acceptors (Lipinski definition) is 4. The highest BCUT2D eigenvalue weighted by atomic mass is 32.2. The molecular weight excluding hydrogens is 274 g/mol. The molecule has 1 aliphatic heterocycles. The van der Waals surface area contributed by atoms with E-state index in [1.54, 1.807) is 12.1 Å².